The molecule has 3 aromatic rings. The lowest BCUT2D eigenvalue weighted by atomic mass is 9.77. The van der Waals surface area contributed by atoms with E-state index in [9.17, 15) is 9.32 Å². The lowest BCUT2D eigenvalue weighted by Gasteiger charge is -2.42. The van der Waals surface area contributed by atoms with E-state index in [2.05, 4.69) is 15.4 Å². The monoisotopic (exact) mass is 416 g/mol. The number of aliphatic hydroxyl groups excluding tert-OH is 1. The summed E-state index contributed by atoms with van der Waals surface area (Å²) in [6, 6.07) is 9.40. The SMILES string of the molecule is CS(=O)c1cnc2cc(/C=C/c3ccc(Cl)cc3)nn2c1NC1(CO)CCC1. The fourth-order valence-electron chi connectivity index (χ4n) is 3.27. The standard InChI is InChI=1S/C20H21ClN4O2S/c1-28(27)17-12-22-18-11-16(8-5-14-3-6-15(21)7-4-14)24-25(18)19(17)23-20(13-26)9-2-10-20/h3-8,11-12,23,26H,2,9-10,13H2,1H3/b8-5+. The van der Waals surface area contributed by atoms with Crippen molar-refractivity contribution in [3.05, 3.63) is 52.8 Å². The van der Waals surface area contributed by atoms with E-state index in [4.69, 9.17) is 11.6 Å². The molecular formula is C20H21ClN4O2S. The molecule has 6 nitrogen and oxygen atoms in total. The van der Waals surface area contributed by atoms with Crippen LogP contribution in [0.5, 0.6) is 0 Å². The molecule has 0 saturated heterocycles. The number of benzene rings is 1. The third kappa shape index (κ3) is 3.70. The van der Waals surface area contributed by atoms with Gasteiger partial charge in [-0.25, -0.2) is 4.98 Å². The molecule has 0 amide bonds. The van der Waals surface area contributed by atoms with Gasteiger partial charge in [0.1, 0.15) is 5.82 Å². The lowest BCUT2D eigenvalue weighted by molar-refractivity contribution is 0.143. The summed E-state index contributed by atoms with van der Waals surface area (Å²) < 4.78 is 13.9. The van der Waals surface area contributed by atoms with E-state index >= 15 is 0 Å². The van der Waals surface area contributed by atoms with Crippen molar-refractivity contribution >= 4 is 46.0 Å². The number of halogens is 1. The highest BCUT2D eigenvalue weighted by atomic mass is 35.5. The smallest absolute Gasteiger partial charge is 0.157 e. The minimum Gasteiger partial charge on any atom is -0.394 e. The highest BCUT2D eigenvalue weighted by Gasteiger charge is 2.37. The zero-order valence-electron chi connectivity index (χ0n) is 15.4. The summed E-state index contributed by atoms with van der Waals surface area (Å²) in [5.41, 5.74) is 2.01. The van der Waals surface area contributed by atoms with Crippen molar-refractivity contribution in [2.24, 2.45) is 0 Å². The molecule has 2 aromatic heterocycles. The van der Waals surface area contributed by atoms with Gasteiger partial charge >= 0.3 is 0 Å². The van der Waals surface area contributed by atoms with Gasteiger partial charge in [0.15, 0.2) is 5.65 Å². The van der Waals surface area contributed by atoms with Crippen molar-refractivity contribution < 1.29 is 9.32 Å². The first kappa shape index (κ1) is 19.1. The first-order valence-corrected chi connectivity index (χ1v) is 11.0. The maximum Gasteiger partial charge on any atom is 0.157 e. The Morgan fingerprint density at radius 1 is 1.32 bits per heavy atom. The zero-order chi connectivity index (χ0) is 19.7. The summed E-state index contributed by atoms with van der Waals surface area (Å²) in [6.45, 7) is 0.0250. The highest BCUT2D eigenvalue weighted by molar-refractivity contribution is 7.84. The first-order valence-electron chi connectivity index (χ1n) is 9.05. The Morgan fingerprint density at radius 3 is 2.68 bits per heavy atom. The normalized spacial score (nSPS) is 17.0. The number of nitrogens with one attached hydrogen (secondary N) is 1. The molecule has 1 fully saturated rings. The largest absolute Gasteiger partial charge is 0.394 e. The van der Waals surface area contributed by atoms with E-state index in [-0.39, 0.29) is 12.1 Å². The summed E-state index contributed by atoms with van der Waals surface area (Å²) in [5, 5.41) is 18.6. The van der Waals surface area contributed by atoms with E-state index in [1.54, 1.807) is 17.0 Å². The third-order valence-corrected chi connectivity index (χ3v) is 6.26. The molecule has 0 aliphatic heterocycles. The second kappa shape index (κ2) is 7.66. The van der Waals surface area contributed by atoms with Gasteiger partial charge in [-0.3, -0.25) is 4.21 Å². The lowest BCUT2D eigenvalue weighted by Crippen LogP contribution is -2.49. The third-order valence-electron chi connectivity index (χ3n) is 5.09. The second-order valence-corrected chi connectivity index (χ2v) is 8.85. The van der Waals surface area contributed by atoms with E-state index in [1.165, 1.54) is 0 Å². The molecule has 1 atom stereocenters. The van der Waals surface area contributed by atoms with E-state index < -0.39 is 10.8 Å². The highest BCUT2D eigenvalue weighted by Crippen LogP contribution is 2.36. The quantitative estimate of drug-likeness (QED) is 0.641. The fraction of sp³-hybridized carbons (Fsp3) is 0.300. The topological polar surface area (TPSA) is 79.5 Å². The second-order valence-electron chi connectivity index (χ2n) is 7.07. The van der Waals surface area contributed by atoms with Crippen LogP contribution in [0.3, 0.4) is 0 Å². The summed E-state index contributed by atoms with van der Waals surface area (Å²) in [7, 11) is -1.24. The molecule has 146 valence electrons. The molecule has 0 bridgehead atoms. The van der Waals surface area contributed by atoms with Crippen LogP contribution < -0.4 is 5.32 Å². The number of rotatable bonds is 6. The summed E-state index contributed by atoms with van der Waals surface area (Å²) in [5.74, 6) is 0.630. The van der Waals surface area contributed by atoms with Crippen LogP contribution in [0.2, 0.25) is 5.02 Å². The maximum atomic E-state index is 12.2. The van der Waals surface area contributed by atoms with Crippen LogP contribution >= 0.6 is 11.6 Å². The van der Waals surface area contributed by atoms with Gasteiger partial charge in [0.2, 0.25) is 0 Å². The van der Waals surface area contributed by atoms with Gasteiger partial charge in [-0.15, -0.1) is 0 Å². The van der Waals surface area contributed by atoms with Crippen molar-refractivity contribution in [3.63, 3.8) is 0 Å². The van der Waals surface area contributed by atoms with Crippen molar-refractivity contribution in [1.29, 1.82) is 0 Å². The van der Waals surface area contributed by atoms with Crippen molar-refractivity contribution in [3.8, 4) is 0 Å². The predicted molar refractivity (Wildman–Crippen MR) is 113 cm³/mol. The number of aliphatic hydroxyl groups is 1. The van der Waals surface area contributed by atoms with E-state index in [1.807, 2.05) is 42.5 Å². The number of aromatic nitrogens is 3. The van der Waals surface area contributed by atoms with Crippen LogP contribution in [0.1, 0.15) is 30.5 Å². The number of nitrogens with zero attached hydrogens (tertiary/aromatic N) is 3. The van der Waals surface area contributed by atoms with Crippen molar-refractivity contribution in [2.45, 2.75) is 29.7 Å². The predicted octanol–water partition coefficient (Wildman–Crippen LogP) is 3.62. The number of hydrogen-bond donors (Lipinski definition) is 2. The van der Waals surface area contributed by atoms with E-state index in [0.717, 1.165) is 30.5 Å². The van der Waals surface area contributed by atoms with Crippen LogP contribution in [0.25, 0.3) is 17.8 Å². The number of anilines is 1. The van der Waals surface area contributed by atoms with Crippen LogP contribution in [-0.2, 0) is 10.8 Å². The van der Waals surface area contributed by atoms with Crippen LogP contribution in [-0.4, -0.2) is 42.3 Å². The average Bonchev–Trinajstić information content (AvgIpc) is 3.07. The number of hydrogen-bond acceptors (Lipinski definition) is 5. The van der Waals surface area contributed by atoms with Crippen LogP contribution in [0.15, 0.2) is 41.4 Å². The van der Waals surface area contributed by atoms with Gasteiger partial charge in [-0.1, -0.05) is 29.8 Å². The Balaban J connectivity index is 1.72. The average molecular weight is 417 g/mol. The summed E-state index contributed by atoms with van der Waals surface area (Å²) >= 11 is 5.92. The summed E-state index contributed by atoms with van der Waals surface area (Å²) in [6.07, 6.45) is 9.87. The van der Waals surface area contributed by atoms with Gasteiger partial charge in [0.05, 0.1) is 33.5 Å². The van der Waals surface area contributed by atoms with Gasteiger partial charge in [0.25, 0.3) is 0 Å². The Morgan fingerprint density at radius 2 is 2.07 bits per heavy atom. The molecule has 0 spiro atoms. The Hall–Kier alpha value is -2.22. The molecule has 1 aromatic carbocycles. The zero-order valence-corrected chi connectivity index (χ0v) is 17.0. The Labute approximate surface area is 170 Å². The van der Waals surface area contributed by atoms with Crippen LogP contribution in [0, 0.1) is 0 Å². The molecule has 2 N–H and O–H groups in total. The summed E-state index contributed by atoms with van der Waals surface area (Å²) in [4.78, 5) is 4.98. The van der Waals surface area contributed by atoms with Gasteiger partial charge < -0.3 is 10.4 Å². The fourth-order valence-corrected chi connectivity index (χ4v) is 4.01. The molecule has 1 unspecified atom stereocenters. The first-order chi connectivity index (χ1) is 13.5. The van der Waals surface area contributed by atoms with Crippen LogP contribution in [0.4, 0.5) is 5.82 Å². The molecule has 2 heterocycles. The molecule has 4 rings (SSSR count). The van der Waals surface area contributed by atoms with Gasteiger partial charge in [-0.05, 0) is 43.0 Å². The van der Waals surface area contributed by atoms with Gasteiger partial charge in [-0.2, -0.15) is 9.61 Å². The molecule has 1 aliphatic carbocycles. The minimum atomic E-state index is -1.24. The van der Waals surface area contributed by atoms with E-state index in [0.29, 0.717) is 21.4 Å². The molecule has 0 radical (unpaired) electrons. The molecule has 28 heavy (non-hydrogen) atoms. The molecule has 1 saturated carbocycles. The van der Waals surface area contributed by atoms with Crippen molar-refractivity contribution in [1.82, 2.24) is 14.6 Å². The van der Waals surface area contributed by atoms with Crippen molar-refractivity contribution in [2.75, 3.05) is 18.2 Å². The van der Waals surface area contributed by atoms with Gasteiger partial charge in [0, 0.05) is 23.5 Å². The Kier molecular flexibility index (Phi) is 5.23. The minimum absolute atomic E-state index is 0.0250. The number of fused-ring (bicyclic) bond motifs is 1. The Bertz CT molecular complexity index is 1050. The maximum absolute atomic E-state index is 12.2. The molecule has 1 aliphatic rings. The molecule has 8 heteroatoms. The molecular weight excluding hydrogens is 396 g/mol.